The minimum absolute atomic E-state index is 0.0697. The molecular formula is C18H22O2. The summed E-state index contributed by atoms with van der Waals surface area (Å²) in [5.41, 5.74) is 1.90. The van der Waals surface area contributed by atoms with Gasteiger partial charge in [0.15, 0.2) is 0 Å². The molecule has 2 saturated carbocycles. The van der Waals surface area contributed by atoms with E-state index in [9.17, 15) is 9.90 Å². The largest absolute Gasteiger partial charge is 0.508 e. The first kappa shape index (κ1) is 10.4. The Labute approximate surface area is 123 Å². The predicted octanol–water partition coefficient (Wildman–Crippen LogP) is 3.82. The van der Waals surface area contributed by atoms with Crippen LogP contribution in [0.15, 0.2) is 18.2 Å². The average molecular weight is 272 g/mol. The van der Waals surface area contributed by atoms with Crippen molar-refractivity contribution < 1.29 is 12.6 Å². The molecule has 0 heterocycles. The summed E-state index contributed by atoms with van der Waals surface area (Å²) in [6.07, 6.45) is 5.43. The third-order valence-electron chi connectivity index (χ3n) is 6.26. The number of hydrogen-bond donors (Lipinski definition) is 1. The summed E-state index contributed by atoms with van der Waals surface area (Å²) < 4.78 is 16.0. The minimum Gasteiger partial charge on any atom is -0.508 e. The first-order valence-electron chi connectivity index (χ1n) is 8.78. The number of rotatable bonds is 0. The van der Waals surface area contributed by atoms with E-state index in [4.69, 9.17) is 2.74 Å². The number of phenolic OH excluding ortho intramolecular Hbond substituents is 1. The van der Waals surface area contributed by atoms with E-state index in [1.54, 1.807) is 6.07 Å². The van der Waals surface area contributed by atoms with Crippen LogP contribution in [0.25, 0.3) is 0 Å². The summed E-state index contributed by atoms with van der Waals surface area (Å²) in [5.74, 6) is 1.58. The van der Waals surface area contributed by atoms with Gasteiger partial charge >= 0.3 is 0 Å². The van der Waals surface area contributed by atoms with Gasteiger partial charge in [-0.1, -0.05) is 13.0 Å². The molecule has 3 aliphatic rings. The van der Waals surface area contributed by atoms with Crippen LogP contribution in [0.4, 0.5) is 0 Å². The lowest BCUT2D eigenvalue weighted by Gasteiger charge is -2.48. The van der Waals surface area contributed by atoms with Crippen molar-refractivity contribution in [2.75, 3.05) is 0 Å². The van der Waals surface area contributed by atoms with E-state index in [2.05, 4.69) is 6.92 Å². The van der Waals surface area contributed by atoms with Crippen LogP contribution in [-0.4, -0.2) is 10.9 Å². The molecule has 4 unspecified atom stereocenters. The Morgan fingerprint density at radius 2 is 2.20 bits per heavy atom. The van der Waals surface area contributed by atoms with E-state index in [0.29, 0.717) is 23.5 Å². The van der Waals surface area contributed by atoms with Gasteiger partial charge in [-0.3, -0.25) is 4.79 Å². The Bertz CT molecular complexity index is 670. The molecule has 1 aromatic rings. The van der Waals surface area contributed by atoms with Gasteiger partial charge in [0.1, 0.15) is 11.5 Å². The van der Waals surface area contributed by atoms with Crippen LogP contribution < -0.4 is 0 Å². The van der Waals surface area contributed by atoms with Crippen molar-refractivity contribution in [3.05, 3.63) is 29.3 Å². The molecule has 0 radical (unpaired) electrons. The van der Waals surface area contributed by atoms with Gasteiger partial charge in [0, 0.05) is 11.8 Å². The fourth-order valence-electron chi connectivity index (χ4n) is 5.18. The number of carbonyl (C=O) groups is 1. The maximum atomic E-state index is 12.3. The Hall–Kier alpha value is -1.31. The SMILES string of the molecule is [2H]c1cc2c(c([2H])c1O)CCC1C2CCC2(C)C(=O)CCC12. The minimum atomic E-state index is -0.186. The fourth-order valence-corrected chi connectivity index (χ4v) is 5.18. The maximum Gasteiger partial charge on any atom is 0.139 e. The molecule has 0 amide bonds. The maximum absolute atomic E-state index is 12.3. The Morgan fingerprint density at radius 1 is 1.35 bits per heavy atom. The van der Waals surface area contributed by atoms with E-state index in [1.807, 2.05) is 0 Å². The number of aromatic hydroxyl groups is 1. The van der Waals surface area contributed by atoms with Crippen LogP contribution in [0.5, 0.6) is 5.75 Å². The molecule has 0 bridgehead atoms. The van der Waals surface area contributed by atoms with Crippen molar-refractivity contribution in [3.8, 4) is 5.75 Å². The van der Waals surface area contributed by atoms with Crippen LogP contribution in [-0.2, 0) is 11.2 Å². The molecule has 2 fully saturated rings. The highest BCUT2D eigenvalue weighted by Crippen LogP contribution is 2.59. The summed E-state index contributed by atoms with van der Waals surface area (Å²) in [6.45, 7) is 2.15. The van der Waals surface area contributed by atoms with Gasteiger partial charge in [-0.25, -0.2) is 0 Å². The molecule has 20 heavy (non-hydrogen) atoms. The van der Waals surface area contributed by atoms with Crippen LogP contribution >= 0.6 is 0 Å². The highest BCUT2D eigenvalue weighted by Gasteiger charge is 2.54. The zero-order valence-corrected chi connectivity index (χ0v) is 11.9. The van der Waals surface area contributed by atoms with Gasteiger partial charge in [0.05, 0.1) is 2.74 Å². The molecule has 0 spiro atoms. The quantitative estimate of drug-likeness (QED) is 0.779. The molecule has 0 saturated heterocycles. The second-order valence-corrected chi connectivity index (χ2v) is 7.03. The lowest BCUT2D eigenvalue weighted by molar-refractivity contribution is -0.129. The van der Waals surface area contributed by atoms with Crippen LogP contribution in [0.2, 0.25) is 0 Å². The standard InChI is InChI=1S/C18H22O2/c1-18-9-8-14-13-5-3-12(19)10-11(13)2-4-15(14)16(18)6-7-17(18)20/h3,5,10,14-16,19H,2,4,6-9H2,1H3/i3D,10D. The van der Waals surface area contributed by atoms with Crippen molar-refractivity contribution in [1.29, 1.82) is 0 Å². The number of hydrogen-bond acceptors (Lipinski definition) is 2. The fraction of sp³-hybridized carbons (Fsp3) is 0.611. The topological polar surface area (TPSA) is 37.3 Å². The molecule has 1 N–H and O–H groups in total. The summed E-state index contributed by atoms with van der Waals surface area (Å²) in [4.78, 5) is 12.3. The summed E-state index contributed by atoms with van der Waals surface area (Å²) >= 11 is 0. The van der Waals surface area contributed by atoms with Gasteiger partial charge in [0.2, 0.25) is 0 Å². The van der Waals surface area contributed by atoms with Crippen molar-refractivity contribution in [2.24, 2.45) is 17.3 Å². The monoisotopic (exact) mass is 272 g/mol. The molecule has 2 nitrogen and oxygen atoms in total. The van der Waals surface area contributed by atoms with E-state index < -0.39 is 0 Å². The summed E-state index contributed by atoms with van der Waals surface area (Å²) in [5, 5.41) is 9.86. The van der Waals surface area contributed by atoms with Crippen molar-refractivity contribution in [3.63, 3.8) is 0 Å². The third-order valence-corrected chi connectivity index (χ3v) is 6.26. The summed E-state index contributed by atoms with van der Waals surface area (Å²) in [6, 6.07) is 2.00. The molecule has 4 atom stereocenters. The molecule has 2 heteroatoms. The molecule has 4 rings (SSSR count). The van der Waals surface area contributed by atoms with Crippen molar-refractivity contribution >= 4 is 5.78 Å². The molecule has 1 aromatic carbocycles. The van der Waals surface area contributed by atoms with Gasteiger partial charge in [-0.05, 0) is 73.1 Å². The number of fused-ring (bicyclic) bond motifs is 5. The molecule has 3 aliphatic carbocycles. The van der Waals surface area contributed by atoms with E-state index in [0.717, 1.165) is 49.7 Å². The van der Waals surface area contributed by atoms with E-state index in [-0.39, 0.29) is 23.2 Å². The van der Waals surface area contributed by atoms with Gasteiger partial charge in [-0.15, -0.1) is 0 Å². The third kappa shape index (κ3) is 1.54. The Kier molecular flexibility index (Phi) is 2.13. The van der Waals surface area contributed by atoms with Crippen molar-refractivity contribution in [1.82, 2.24) is 0 Å². The zero-order chi connectivity index (χ0) is 15.6. The van der Waals surface area contributed by atoms with E-state index in [1.165, 1.54) is 0 Å². The second kappa shape index (κ2) is 4.09. The molecule has 0 aliphatic heterocycles. The normalized spacial score (nSPS) is 40.5. The van der Waals surface area contributed by atoms with Gasteiger partial charge < -0.3 is 5.11 Å². The van der Waals surface area contributed by atoms with Crippen LogP contribution in [0, 0.1) is 17.3 Å². The summed E-state index contributed by atoms with van der Waals surface area (Å²) in [7, 11) is 0. The lowest BCUT2D eigenvalue weighted by atomic mass is 9.55. The smallest absolute Gasteiger partial charge is 0.139 e. The highest BCUT2D eigenvalue weighted by molar-refractivity contribution is 5.87. The Balaban J connectivity index is 1.78. The van der Waals surface area contributed by atoms with Crippen LogP contribution in [0.1, 0.15) is 58.8 Å². The van der Waals surface area contributed by atoms with Crippen LogP contribution in [0.3, 0.4) is 0 Å². The Morgan fingerprint density at radius 3 is 3.05 bits per heavy atom. The number of benzene rings is 1. The molecular weight excluding hydrogens is 248 g/mol. The molecule has 0 aromatic heterocycles. The van der Waals surface area contributed by atoms with Gasteiger partial charge in [0.25, 0.3) is 0 Å². The molecule has 106 valence electrons. The second-order valence-electron chi connectivity index (χ2n) is 7.03. The zero-order valence-electron chi connectivity index (χ0n) is 13.9. The van der Waals surface area contributed by atoms with Gasteiger partial charge in [-0.2, -0.15) is 0 Å². The number of Topliss-reactive ketones (excluding diaryl/α,β-unsaturated/α-hetero) is 1. The number of phenols is 1. The first-order valence-corrected chi connectivity index (χ1v) is 7.78. The highest BCUT2D eigenvalue weighted by atomic mass is 16.3. The predicted molar refractivity (Wildman–Crippen MR) is 77.7 cm³/mol. The first-order chi connectivity index (χ1) is 10.4. The number of carbonyl (C=O) groups excluding carboxylic acids is 1. The van der Waals surface area contributed by atoms with E-state index >= 15 is 0 Å². The average Bonchev–Trinajstić information content (AvgIpc) is 2.80. The number of ketones is 1. The van der Waals surface area contributed by atoms with Crippen molar-refractivity contribution in [2.45, 2.75) is 51.4 Å². The lowest BCUT2D eigenvalue weighted by Crippen LogP contribution is -2.42.